The number of nitro benzene ring substituents is 1. The Morgan fingerprint density at radius 3 is 2.56 bits per heavy atom. The summed E-state index contributed by atoms with van der Waals surface area (Å²) in [6, 6.07) is 10.4. The standard InChI is InChI=1S/C28H34N4O4/c1-18-19(2)27-23(20(3)26(18)32(33)34)16-28(4,36-27)17-30(5)22-11-9-21(10-12-22)24-13-14-31(29-24)25-8-6-7-15-35-25/h9-14,25H,6-8,15-17H2,1-5H3. The first-order valence-electron chi connectivity index (χ1n) is 12.6. The molecule has 0 N–H and O–H groups in total. The van der Waals surface area contributed by atoms with Gasteiger partial charge in [-0.1, -0.05) is 12.1 Å². The third-order valence-electron chi connectivity index (χ3n) is 7.66. The number of rotatable bonds is 6. The molecule has 1 fully saturated rings. The Morgan fingerprint density at radius 1 is 1.14 bits per heavy atom. The summed E-state index contributed by atoms with van der Waals surface area (Å²) in [4.78, 5) is 13.6. The van der Waals surface area contributed by atoms with E-state index in [1.54, 1.807) is 6.92 Å². The Balaban J connectivity index is 1.30. The predicted octanol–water partition coefficient (Wildman–Crippen LogP) is 5.91. The van der Waals surface area contributed by atoms with Crippen molar-refractivity contribution in [3.63, 3.8) is 0 Å². The molecule has 1 saturated heterocycles. The number of hydrogen-bond acceptors (Lipinski definition) is 6. The van der Waals surface area contributed by atoms with Gasteiger partial charge >= 0.3 is 0 Å². The van der Waals surface area contributed by atoms with E-state index in [-0.39, 0.29) is 16.8 Å². The van der Waals surface area contributed by atoms with Crippen molar-refractivity contribution in [2.45, 2.75) is 65.2 Å². The molecule has 2 aromatic carbocycles. The SMILES string of the molecule is Cc1c(C)c([N+](=O)[O-])c(C)c2c1OC(C)(CN(C)c1ccc(-c3ccn(C4CCCCO4)n3)cc1)C2. The molecule has 3 aromatic rings. The fraction of sp³-hybridized carbons (Fsp3) is 0.464. The molecule has 0 saturated carbocycles. The van der Waals surface area contributed by atoms with Crippen molar-refractivity contribution in [1.82, 2.24) is 9.78 Å². The third-order valence-corrected chi connectivity index (χ3v) is 7.66. The molecule has 36 heavy (non-hydrogen) atoms. The maximum Gasteiger partial charge on any atom is 0.275 e. The lowest BCUT2D eigenvalue weighted by atomic mass is 9.91. The number of benzene rings is 2. The number of anilines is 1. The van der Waals surface area contributed by atoms with E-state index in [0.29, 0.717) is 24.1 Å². The highest BCUT2D eigenvalue weighted by Gasteiger charge is 2.40. The van der Waals surface area contributed by atoms with Gasteiger partial charge in [0.05, 0.1) is 17.2 Å². The van der Waals surface area contributed by atoms with Crippen molar-refractivity contribution < 1.29 is 14.4 Å². The number of aromatic nitrogens is 2. The molecule has 2 unspecified atom stereocenters. The molecule has 0 aliphatic carbocycles. The Hall–Kier alpha value is -3.39. The van der Waals surface area contributed by atoms with Crippen LogP contribution >= 0.6 is 0 Å². The maximum absolute atomic E-state index is 11.7. The number of fused-ring (bicyclic) bond motifs is 1. The largest absolute Gasteiger partial charge is 0.485 e. The highest BCUT2D eigenvalue weighted by Crippen LogP contribution is 2.45. The summed E-state index contributed by atoms with van der Waals surface area (Å²) in [7, 11) is 2.05. The first kappa shape index (κ1) is 24.3. The van der Waals surface area contributed by atoms with Gasteiger partial charge in [-0.05, 0) is 65.2 Å². The summed E-state index contributed by atoms with van der Waals surface area (Å²) in [5, 5.41) is 16.4. The van der Waals surface area contributed by atoms with Crippen LogP contribution in [0.15, 0.2) is 36.5 Å². The van der Waals surface area contributed by atoms with Crippen LogP contribution in [0.25, 0.3) is 11.3 Å². The number of nitrogens with zero attached hydrogens (tertiary/aromatic N) is 4. The lowest BCUT2D eigenvalue weighted by Gasteiger charge is -2.31. The summed E-state index contributed by atoms with van der Waals surface area (Å²) in [5.41, 5.74) is 6.00. The first-order valence-corrected chi connectivity index (χ1v) is 12.6. The fourth-order valence-electron chi connectivity index (χ4n) is 5.60. The highest BCUT2D eigenvalue weighted by molar-refractivity contribution is 5.65. The second-order valence-corrected chi connectivity index (χ2v) is 10.4. The van der Waals surface area contributed by atoms with E-state index in [1.165, 1.54) is 6.42 Å². The molecular formula is C28H34N4O4. The topological polar surface area (TPSA) is 82.7 Å². The van der Waals surface area contributed by atoms with Crippen LogP contribution in [0.1, 0.15) is 54.7 Å². The Bertz CT molecular complexity index is 1290. The van der Waals surface area contributed by atoms with Gasteiger partial charge in [-0.25, -0.2) is 4.68 Å². The minimum Gasteiger partial charge on any atom is -0.485 e. The van der Waals surface area contributed by atoms with E-state index in [2.05, 4.69) is 43.1 Å². The van der Waals surface area contributed by atoms with E-state index >= 15 is 0 Å². The van der Waals surface area contributed by atoms with Gasteiger partial charge in [-0.3, -0.25) is 10.1 Å². The summed E-state index contributed by atoms with van der Waals surface area (Å²) in [5.74, 6) is 0.805. The van der Waals surface area contributed by atoms with Crippen molar-refractivity contribution in [2.24, 2.45) is 0 Å². The molecule has 1 aromatic heterocycles. The van der Waals surface area contributed by atoms with E-state index in [1.807, 2.05) is 30.8 Å². The number of hydrogen-bond donors (Lipinski definition) is 0. The third kappa shape index (κ3) is 4.34. The van der Waals surface area contributed by atoms with E-state index in [4.69, 9.17) is 14.6 Å². The van der Waals surface area contributed by atoms with Gasteiger partial charge in [0.1, 0.15) is 17.6 Å². The van der Waals surface area contributed by atoms with Crippen LogP contribution in [0.3, 0.4) is 0 Å². The monoisotopic (exact) mass is 490 g/mol. The van der Waals surface area contributed by atoms with Gasteiger partial charge in [0.2, 0.25) is 0 Å². The first-order chi connectivity index (χ1) is 17.2. The average Bonchev–Trinajstić information content (AvgIpc) is 3.49. The molecule has 2 aliphatic heterocycles. The van der Waals surface area contributed by atoms with E-state index in [0.717, 1.165) is 53.3 Å². The van der Waals surface area contributed by atoms with Gasteiger partial charge in [-0.15, -0.1) is 0 Å². The molecule has 0 radical (unpaired) electrons. The quantitative estimate of drug-likeness (QED) is 0.315. The lowest BCUT2D eigenvalue weighted by molar-refractivity contribution is -0.386. The normalized spacial score (nSPS) is 21.2. The van der Waals surface area contributed by atoms with Crippen molar-refractivity contribution in [1.29, 1.82) is 0 Å². The van der Waals surface area contributed by atoms with Gasteiger partial charge in [0.25, 0.3) is 5.69 Å². The smallest absolute Gasteiger partial charge is 0.275 e. The van der Waals surface area contributed by atoms with Crippen molar-refractivity contribution in [3.8, 4) is 17.0 Å². The second-order valence-electron chi connectivity index (χ2n) is 10.4. The Morgan fingerprint density at radius 2 is 1.89 bits per heavy atom. The van der Waals surface area contributed by atoms with Crippen LogP contribution in [0.5, 0.6) is 5.75 Å². The van der Waals surface area contributed by atoms with Gasteiger partial charge < -0.3 is 14.4 Å². The molecule has 3 heterocycles. The summed E-state index contributed by atoms with van der Waals surface area (Å²) < 4.78 is 14.3. The Kier molecular flexibility index (Phi) is 6.24. The molecular weight excluding hydrogens is 456 g/mol. The van der Waals surface area contributed by atoms with Gasteiger partial charge in [-0.2, -0.15) is 5.10 Å². The van der Waals surface area contributed by atoms with Crippen molar-refractivity contribution in [2.75, 3.05) is 25.1 Å². The van der Waals surface area contributed by atoms with Crippen LogP contribution in [0, 0.1) is 30.9 Å². The molecule has 0 amide bonds. The summed E-state index contributed by atoms with van der Waals surface area (Å²) in [6.45, 7) is 9.08. The molecule has 0 spiro atoms. The minimum absolute atomic E-state index is 0.0340. The zero-order valence-electron chi connectivity index (χ0n) is 21.7. The number of ether oxygens (including phenoxy) is 2. The molecule has 190 valence electrons. The summed E-state index contributed by atoms with van der Waals surface area (Å²) >= 11 is 0. The number of nitro groups is 1. The molecule has 5 rings (SSSR count). The molecule has 0 bridgehead atoms. The molecule has 2 atom stereocenters. The van der Waals surface area contributed by atoms with Crippen molar-refractivity contribution >= 4 is 11.4 Å². The average molecular weight is 491 g/mol. The van der Waals surface area contributed by atoms with E-state index < -0.39 is 5.60 Å². The maximum atomic E-state index is 11.7. The van der Waals surface area contributed by atoms with Crippen LogP contribution in [0.2, 0.25) is 0 Å². The van der Waals surface area contributed by atoms with Crippen LogP contribution in [-0.2, 0) is 11.2 Å². The fourth-order valence-corrected chi connectivity index (χ4v) is 5.60. The van der Waals surface area contributed by atoms with Gasteiger partial charge in [0.15, 0.2) is 0 Å². The zero-order valence-corrected chi connectivity index (χ0v) is 21.7. The summed E-state index contributed by atoms with van der Waals surface area (Å²) in [6.07, 6.45) is 5.96. The Labute approximate surface area is 212 Å². The lowest BCUT2D eigenvalue weighted by Crippen LogP contribution is -2.43. The second kappa shape index (κ2) is 9.24. The van der Waals surface area contributed by atoms with E-state index in [9.17, 15) is 10.1 Å². The predicted molar refractivity (Wildman–Crippen MR) is 140 cm³/mol. The molecule has 8 nitrogen and oxygen atoms in total. The highest BCUT2D eigenvalue weighted by atomic mass is 16.6. The van der Waals surface area contributed by atoms with Gasteiger partial charge in [0, 0.05) is 59.8 Å². The van der Waals surface area contributed by atoms with Crippen LogP contribution < -0.4 is 9.64 Å². The molecule has 2 aliphatic rings. The minimum atomic E-state index is -0.480. The zero-order chi connectivity index (χ0) is 25.6. The van der Waals surface area contributed by atoms with Crippen LogP contribution in [0.4, 0.5) is 11.4 Å². The van der Waals surface area contributed by atoms with Crippen LogP contribution in [-0.4, -0.2) is 40.5 Å². The number of likely N-dealkylation sites (N-methyl/N-ethyl adjacent to an activating group) is 1. The van der Waals surface area contributed by atoms with Crippen molar-refractivity contribution in [3.05, 3.63) is 68.9 Å². The molecule has 8 heteroatoms.